The molecule has 0 bridgehead atoms. The number of nitrogens with zero attached hydrogens (tertiary/aromatic N) is 1. The molecular weight excluding hydrogens is 344 g/mol. The molecule has 0 atom stereocenters. The highest BCUT2D eigenvalue weighted by atomic mass is 32.2. The minimum absolute atomic E-state index is 0.0386. The third-order valence-electron chi connectivity index (χ3n) is 4.66. The lowest BCUT2D eigenvalue weighted by Gasteiger charge is -2.28. The molecule has 1 saturated heterocycles. The van der Waals surface area contributed by atoms with Crippen LogP contribution in [0.1, 0.15) is 36.2 Å². The number of fused-ring (bicyclic) bond motifs is 1. The van der Waals surface area contributed by atoms with Crippen LogP contribution in [0.2, 0.25) is 0 Å². The van der Waals surface area contributed by atoms with Crippen LogP contribution in [0.3, 0.4) is 0 Å². The van der Waals surface area contributed by atoms with Gasteiger partial charge in [0.15, 0.2) is 5.76 Å². The number of carbonyl (C=O) groups excluding carboxylic acids is 1. The van der Waals surface area contributed by atoms with Crippen LogP contribution < -0.4 is 4.72 Å². The van der Waals surface area contributed by atoms with Crippen LogP contribution in [0.4, 0.5) is 0 Å². The first-order valence-electron chi connectivity index (χ1n) is 8.46. The largest absolute Gasteiger partial charge is 0.451 e. The van der Waals surface area contributed by atoms with Crippen molar-refractivity contribution >= 4 is 26.9 Å². The summed E-state index contributed by atoms with van der Waals surface area (Å²) in [6.45, 7) is 0.976. The lowest BCUT2D eigenvalue weighted by Crippen LogP contribution is -2.39. The van der Waals surface area contributed by atoms with Crippen LogP contribution in [0.5, 0.6) is 0 Å². The normalized spacial score (nSPS) is 19.5. The first kappa shape index (κ1) is 16.6. The van der Waals surface area contributed by atoms with Gasteiger partial charge in [0.2, 0.25) is 10.0 Å². The monoisotopic (exact) mass is 364 g/mol. The maximum absolute atomic E-state index is 12.5. The van der Waals surface area contributed by atoms with Gasteiger partial charge in [-0.3, -0.25) is 4.79 Å². The van der Waals surface area contributed by atoms with E-state index in [1.807, 2.05) is 0 Å². The predicted octanol–water partition coefficient (Wildman–Crippen LogP) is 1.47. The summed E-state index contributed by atoms with van der Waals surface area (Å²) in [5, 5.41) is 10.1. The van der Waals surface area contributed by atoms with Gasteiger partial charge in [-0.2, -0.15) is 0 Å². The van der Waals surface area contributed by atoms with Crippen LogP contribution in [0, 0.1) is 0 Å². The van der Waals surface area contributed by atoms with Gasteiger partial charge in [-0.25, -0.2) is 13.1 Å². The zero-order chi connectivity index (χ0) is 17.6. The van der Waals surface area contributed by atoms with E-state index >= 15 is 0 Å². The van der Waals surface area contributed by atoms with Gasteiger partial charge < -0.3 is 14.4 Å². The van der Waals surface area contributed by atoms with Gasteiger partial charge in [0.1, 0.15) is 5.58 Å². The number of piperidine rings is 1. The summed E-state index contributed by atoms with van der Waals surface area (Å²) in [6, 6.07) is 6.21. The number of nitrogens with one attached hydrogen (secondary N) is 1. The first-order valence-corrected chi connectivity index (χ1v) is 9.94. The summed E-state index contributed by atoms with van der Waals surface area (Å²) in [4.78, 5) is 14.4. The van der Waals surface area contributed by atoms with Crippen LogP contribution in [-0.4, -0.2) is 49.6 Å². The van der Waals surface area contributed by atoms with Crippen molar-refractivity contribution in [1.82, 2.24) is 9.62 Å². The Balaban J connectivity index is 1.58. The van der Waals surface area contributed by atoms with Crippen LogP contribution >= 0.6 is 0 Å². The molecule has 1 aromatic heterocycles. The summed E-state index contributed by atoms with van der Waals surface area (Å²) >= 11 is 0. The van der Waals surface area contributed by atoms with Crippen molar-refractivity contribution in [1.29, 1.82) is 0 Å². The SMILES string of the molecule is O=C(c1cc2cc(S(=O)(=O)NC3CC3)ccc2o1)N1CCC(O)CC1. The molecule has 4 rings (SSSR count). The zero-order valence-corrected chi connectivity index (χ0v) is 14.5. The van der Waals surface area contributed by atoms with Gasteiger partial charge in [-0.05, 0) is 49.9 Å². The molecule has 0 unspecified atom stereocenters. The quantitative estimate of drug-likeness (QED) is 0.856. The van der Waals surface area contributed by atoms with Crippen molar-refractivity contribution in [2.75, 3.05) is 13.1 Å². The smallest absolute Gasteiger partial charge is 0.289 e. The van der Waals surface area contributed by atoms with E-state index in [1.54, 1.807) is 17.0 Å². The van der Waals surface area contributed by atoms with Crippen molar-refractivity contribution in [2.24, 2.45) is 0 Å². The number of furan rings is 1. The molecular formula is C17H20N2O5S. The van der Waals surface area contributed by atoms with Crippen molar-refractivity contribution in [3.63, 3.8) is 0 Å². The molecule has 1 aliphatic carbocycles. The molecule has 2 N–H and O–H groups in total. The number of amides is 1. The fourth-order valence-corrected chi connectivity index (χ4v) is 4.35. The van der Waals surface area contributed by atoms with Crippen LogP contribution in [-0.2, 0) is 10.0 Å². The van der Waals surface area contributed by atoms with Crippen molar-refractivity contribution in [2.45, 2.75) is 42.7 Å². The van der Waals surface area contributed by atoms with E-state index in [-0.39, 0.29) is 28.7 Å². The van der Waals surface area contributed by atoms with Gasteiger partial charge in [0.05, 0.1) is 11.0 Å². The highest BCUT2D eigenvalue weighted by Gasteiger charge is 2.29. The fourth-order valence-electron chi connectivity index (χ4n) is 3.01. The highest BCUT2D eigenvalue weighted by Crippen LogP contribution is 2.26. The average Bonchev–Trinajstić information content (AvgIpc) is 3.28. The van der Waals surface area contributed by atoms with E-state index in [4.69, 9.17) is 4.42 Å². The standard InChI is InChI=1S/C17H20N2O5S/c20-13-5-7-19(8-6-13)17(21)16-10-11-9-14(3-4-15(11)24-16)25(22,23)18-12-1-2-12/h3-4,9-10,12-13,18,20H,1-2,5-8H2. The Morgan fingerprint density at radius 2 is 1.88 bits per heavy atom. The molecule has 0 spiro atoms. The number of likely N-dealkylation sites (tertiary alicyclic amines) is 1. The number of hydrogen-bond acceptors (Lipinski definition) is 5. The molecule has 1 amide bonds. The minimum atomic E-state index is -3.54. The van der Waals surface area contributed by atoms with Crippen molar-refractivity contribution in [3.8, 4) is 0 Å². The van der Waals surface area contributed by atoms with Crippen molar-refractivity contribution in [3.05, 3.63) is 30.0 Å². The number of aliphatic hydroxyl groups excluding tert-OH is 1. The summed E-state index contributed by atoms with van der Waals surface area (Å²) in [6.07, 6.45) is 2.50. The topological polar surface area (TPSA) is 99.8 Å². The summed E-state index contributed by atoms with van der Waals surface area (Å²) in [5.74, 6) is -0.0419. The Hall–Kier alpha value is -1.90. The van der Waals surface area contributed by atoms with E-state index in [1.165, 1.54) is 12.1 Å². The first-order chi connectivity index (χ1) is 11.9. The second kappa shape index (κ2) is 6.12. The average molecular weight is 364 g/mol. The summed E-state index contributed by atoms with van der Waals surface area (Å²) < 4.78 is 32.9. The third-order valence-corrected chi connectivity index (χ3v) is 6.18. The van der Waals surface area contributed by atoms with E-state index in [9.17, 15) is 18.3 Å². The van der Waals surface area contributed by atoms with Gasteiger partial charge in [0, 0.05) is 24.5 Å². The number of sulfonamides is 1. The number of rotatable bonds is 4. The third kappa shape index (κ3) is 3.42. The molecule has 7 nitrogen and oxygen atoms in total. The molecule has 25 heavy (non-hydrogen) atoms. The minimum Gasteiger partial charge on any atom is -0.451 e. The highest BCUT2D eigenvalue weighted by molar-refractivity contribution is 7.89. The lowest BCUT2D eigenvalue weighted by atomic mass is 10.1. The maximum Gasteiger partial charge on any atom is 0.289 e. The zero-order valence-electron chi connectivity index (χ0n) is 13.6. The Morgan fingerprint density at radius 1 is 1.16 bits per heavy atom. The molecule has 134 valence electrons. The van der Waals surface area contributed by atoms with Gasteiger partial charge in [-0.1, -0.05) is 0 Å². The second-order valence-electron chi connectivity index (χ2n) is 6.73. The molecule has 2 heterocycles. The molecule has 2 aromatic rings. The Labute approximate surface area is 145 Å². The number of carbonyl (C=O) groups is 1. The van der Waals surface area contributed by atoms with Crippen LogP contribution in [0.25, 0.3) is 11.0 Å². The predicted molar refractivity (Wildman–Crippen MR) is 90.7 cm³/mol. The number of benzene rings is 1. The Bertz CT molecular complexity index is 908. The molecule has 0 radical (unpaired) electrons. The molecule has 1 aromatic carbocycles. The molecule has 2 fully saturated rings. The molecule has 1 aliphatic heterocycles. The Kier molecular flexibility index (Phi) is 4.05. The van der Waals surface area contributed by atoms with Crippen molar-refractivity contribution < 1.29 is 22.7 Å². The fraction of sp³-hybridized carbons (Fsp3) is 0.471. The van der Waals surface area contributed by atoms with E-state index in [0.29, 0.717) is 36.9 Å². The second-order valence-corrected chi connectivity index (χ2v) is 8.44. The number of aliphatic hydroxyl groups is 1. The van der Waals surface area contributed by atoms with E-state index in [2.05, 4.69) is 4.72 Å². The molecule has 8 heteroatoms. The summed E-state index contributed by atoms with van der Waals surface area (Å²) in [7, 11) is -3.54. The Morgan fingerprint density at radius 3 is 2.56 bits per heavy atom. The van der Waals surface area contributed by atoms with Gasteiger partial charge in [-0.15, -0.1) is 0 Å². The van der Waals surface area contributed by atoms with E-state index < -0.39 is 10.0 Å². The number of hydrogen-bond donors (Lipinski definition) is 2. The molecule has 1 saturated carbocycles. The summed E-state index contributed by atoms with van der Waals surface area (Å²) in [5.41, 5.74) is 0.478. The maximum atomic E-state index is 12.5. The van der Waals surface area contributed by atoms with Gasteiger partial charge in [0.25, 0.3) is 5.91 Å². The van der Waals surface area contributed by atoms with Gasteiger partial charge >= 0.3 is 0 Å². The lowest BCUT2D eigenvalue weighted by molar-refractivity contribution is 0.0522. The van der Waals surface area contributed by atoms with E-state index in [0.717, 1.165) is 12.8 Å². The van der Waals surface area contributed by atoms with Crippen LogP contribution in [0.15, 0.2) is 33.6 Å². The molecule has 2 aliphatic rings.